The minimum atomic E-state index is -2.46. The van der Waals surface area contributed by atoms with E-state index in [1.807, 2.05) is 44.1 Å². The number of aryl methyl sites for hydroxylation is 1. The molecule has 1 aromatic rings. The maximum atomic E-state index is 5.48. The van der Waals surface area contributed by atoms with Gasteiger partial charge < -0.3 is 13.9 Å². The second-order valence-electron chi connectivity index (χ2n) is 4.06. The topological polar surface area (TPSA) is 34.1 Å². The van der Waals surface area contributed by atoms with Crippen LogP contribution in [0.1, 0.15) is 5.56 Å². The number of benzene rings is 1. The molecule has 1 aromatic carbocycles. The molecule has 1 rings (SSSR count). The van der Waals surface area contributed by atoms with Gasteiger partial charge in [-0.2, -0.15) is 0 Å². The molecule has 0 saturated heterocycles. The van der Waals surface area contributed by atoms with Gasteiger partial charge in [-0.15, -0.1) is 0 Å². The number of nitrogens with zero attached hydrogens (tertiary/aromatic N) is 2. The smallest absolute Gasteiger partial charge is 0.221 e. The Kier molecular flexibility index (Phi) is 5.47. The molecule has 0 amide bonds. The third-order valence-electron chi connectivity index (χ3n) is 2.33. The predicted molar refractivity (Wildman–Crippen MR) is 81.0 cm³/mol. The van der Waals surface area contributed by atoms with Crippen molar-refractivity contribution in [2.24, 2.45) is 4.99 Å². The fourth-order valence-corrected chi connectivity index (χ4v) is 3.17. The molecule has 4 nitrogen and oxygen atoms in total. The Morgan fingerprint density at radius 2 is 1.89 bits per heavy atom. The first kappa shape index (κ1) is 15.3. The van der Waals surface area contributed by atoms with Crippen LogP contribution in [0, 0.1) is 6.92 Å². The molecule has 0 aliphatic heterocycles. The van der Waals surface area contributed by atoms with Crippen LogP contribution in [0.15, 0.2) is 23.2 Å². The lowest BCUT2D eigenvalue weighted by Crippen LogP contribution is -2.11. The summed E-state index contributed by atoms with van der Waals surface area (Å²) in [6, 6.07) is 5.91. The molecule has 18 heavy (non-hydrogen) atoms. The maximum absolute atomic E-state index is 5.48. The number of rotatable bonds is 5. The van der Waals surface area contributed by atoms with Crippen LogP contribution in [0.25, 0.3) is 0 Å². The highest BCUT2D eigenvalue weighted by atomic mass is 32.5. The van der Waals surface area contributed by atoms with E-state index >= 15 is 0 Å². The third kappa shape index (κ3) is 3.62. The lowest BCUT2D eigenvalue weighted by atomic mass is 10.2. The van der Waals surface area contributed by atoms with Gasteiger partial charge in [0.15, 0.2) is 0 Å². The Morgan fingerprint density at radius 3 is 2.39 bits per heavy atom. The molecule has 0 aromatic heterocycles. The van der Waals surface area contributed by atoms with E-state index in [1.165, 1.54) is 0 Å². The van der Waals surface area contributed by atoms with E-state index in [9.17, 15) is 0 Å². The van der Waals surface area contributed by atoms with Crippen molar-refractivity contribution in [3.63, 3.8) is 0 Å². The lowest BCUT2D eigenvalue weighted by Gasteiger charge is -2.20. The fraction of sp³-hybridized carbons (Fsp3) is 0.417. The van der Waals surface area contributed by atoms with E-state index in [0.29, 0.717) is 0 Å². The van der Waals surface area contributed by atoms with Gasteiger partial charge in [-0.3, -0.25) is 0 Å². The first-order chi connectivity index (χ1) is 8.42. The van der Waals surface area contributed by atoms with Crippen LogP contribution in [0.4, 0.5) is 5.69 Å². The quantitative estimate of drug-likeness (QED) is 0.473. The van der Waals surface area contributed by atoms with Crippen molar-refractivity contribution in [3.8, 4) is 0 Å². The van der Waals surface area contributed by atoms with E-state index in [2.05, 4.69) is 4.99 Å². The zero-order valence-electron chi connectivity index (χ0n) is 11.4. The molecule has 0 N–H and O–H groups in total. The summed E-state index contributed by atoms with van der Waals surface area (Å²) in [5, 5.41) is 0.848. The summed E-state index contributed by atoms with van der Waals surface area (Å²) in [6.07, 6.45) is 1.74. The first-order valence-electron chi connectivity index (χ1n) is 5.46. The minimum Gasteiger partial charge on any atom is -0.369 e. The molecule has 100 valence electrons. The van der Waals surface area contributed by atoms with Gasteiger partial charge in [0.05, 0.1) is 17.3 Å². The van der Waals surface area contributed by atoms with Gasteiger partial charge in [0, 0.05) is 28.3 Å². The molecule has 0 heterocycles. The van der Waals surface area contributed by atoms with Crippen molar-refractivity contribution < 1.29 is 9.05 Å². The Balaban J connectivity index is 3.32. The van der Waals surface area contributed by atoms with Crippen LogP contribution < -0.4 is 5.30 Å². The van der Waals surface area contributed by atoms with E-state index in [1.54, 1.807) is 20.6 Å². The standard InChI is InChI=1S/C12H19N2O2PS/c1-10-6-7-11(13-9-14(2)3)12(8-10)17(18,15-4)16-5/h6-9H,1-5H3. The van der Waals surface area contributed by atoms with E-state index in [-0.39, 0.29) is 0 Å². The monoisotopic (exact) mass is 286 g/mol. The lowest BCUT2D eigenvalue weighted by molar-refractivity contribution is 0.347. The SMILES string of the molecule is COP(=S)(OC)c1cc(C)ccc1N=CN(C)C. The van der Waals surface area contributed by atoms with Gasteiger partial charge >= 0.3 is 0 Å². The molecule has 0 unspecified atom stereocenters. The second kappa shape index (κ2) is 6.43. The molecule has 0 fully saturated rings. The van der Waals surface area contributed by atoms with E-state index in [4.69, 9.17) is 20.9 Å². The summed E-state index contributed by atoms with van der Waals surface area (Å²) in [6.45, 7) is -0.449. The van der Waals surface area contributed by atoms with E-state index in [0.717, 1.165) is 16.6 Å². The first-order valence-corrected chi connectivity index (χ1v) is 8.10. The number of hydrogen-bond donors (Lipinski definition) is 0. The average molecular weight is 286 g/mol. The van der Waals surface area contributed by atoms with Crippen molar-refractivity contribution in [3.05, 3.63) is 23.8 Å². The summed E-state index contributed by atoms with van der Waals surface area (Å²) in [5.41, 5.74) is 1.90. The van der Waals surface area contributed by atoms with Crippen LogP contribution in [0.5, 0.6) is 0 Å². The fourth-order valence-electron chi connectivity index (χ4n) is 1.41. The van der Waals surface area contributed by atoms with Gasteiger partial charge in [-0.1, -0.05) is 11.6 Å². The molecule has 0 aliphatic carbocycles. The highest BCUT2D eigenvalue weighted by Crippen LogP contribution is 2.48. The number of hydrogen-bond acceptors (Lipinski definition) is 4. The maximum Gasteiger partial charge on any atom is 0.221 e. The molecule has 0 bridgehead atoms. The van der Waals surface area contributed by atoms with Gasteiger partial charge in [0.2, 0.25) is 6.49 Å². The Labute approximate surface area is 114 Å². The summed E-state index contributed by atoms with van der Waals surface area (Å²) >= 11 is 5.48. The average Bonchev–Trinajstić information content (AvgIpc) is 2.36. The third-order valence-corrected chi connectivity index (χ3v) is 5.73. The van der Waals surface area contributed by atoms with Gasteiger partial charge in [0.25, 0.3) is 0 Å². The van der Waals surface area contributed by atoms with Crippen LogP contribution in [0.2, 0.25) is 0 Å². The molecule has 6 heteroatoms. The molecule has 0 atom stereocenters. The van der Waals surface area contributed by atoms with Gasteiger partial charge in [0.1, 0.15) is 0 Å². The second-order valence-corrected chi connectivity index (χ2v) is 7.71. The largest absolute Gasteiger partial charge is 0.369 e. The molecular weight excluding hydrogens is 267 g/mol. The molecular formula is C12H19N2O2PS. The Hall–Kier alpha value is -0.740. The van der Waals surface area contributed by atoms with Crippen LogP contribution >= 0.6 is 6.49 Å². The van der Waals surface area contributed by atoms with Crippen LogP contribution in [-0.2, 0) is 20.9 Å². The molecule has 0 aliphatic rings. The van der Waals surface area contributed by atoms with Crippen molar-refractivity contribution >= 4 is 35.6 Å². The summed E-state index contributed by atoms with van der Waals surface area (Å²) in [4.78, 5) is 6.28. The van der Waals surface area contributed by atoms with Crippen LogP contribution in [-0.4, -0.2) is 39.6 Å². The highest BCUT2D eigenvalue weighted by molar-refractivity contribution is 8.13. The Morgan fingerprint density at radius 1 is 1.28 bits per heavy atom. The van der Waals surface area contributed by atoms with Gasteiger partial charge in [-0.05, 0) is 30.9 Å². The molecule has 0 saturated carbocycles. The predicted octanol–water partition coefficient (Wildman–Crippen LogP) is 2.44. The summed E-state index contributed by atoms with van der Waals surface area (Å²) < 4.78 is 10.8. The zero-order valence-corrected chi connectivity index (χ0v) is 13.1. The van der Waals surface area contributed by atoms with Gasteiger partial charge in [-0.25, -0.2) is 4.99 Å². The number of aliphatic imine (C=N–C) groups is 1. The van der Waals surface area contributed by atoms with Crippen molar-refractivity contribution in [1.29, 1.82) is 0 Å². The zero-order chi connectivity index (χ0) is 13.8. The summed E-state index contributed by atoms with van der Waals surface area (Å²) in [7, 11) is 6.98. The Bertz CT molecular complexity index is 481. The van der Waals surface area contributed by atoms with E-state index < -0.39 is 6.49 Å². The highest BCUT2D eigenvalue weighted by Gasteiger charge is 2.22. The normalized spacial score (nSPS) is 12.1. The van der Waals surface area contributed by atoms with Crippen molar-refractivity contribution in [1.82, 2.24) is 4.90 Å². The van der Waals surface area contributed by atoms with Crippen LogP contribution in [0.3, 0.4) is 0 Å². The van der Waals surface area contributed by atoms with Crippen molar-refractivity contribution in [2.75, 3.05) is 28.3 Å². The molecule has 0 spiro atoms. The molecule has 0 radical (unpaired) electrons. The minimum absolute atomic E-state index is 0.793. The van der Waals surface area contributed by atoms with Crippen molar-refractivity contribution in [2.45, 2.75) is 6.92 Å². The summed E-state index contributed by atoms with van der Waals surface area (Å²) in [5.74, 6) is 0.